The van der Waals surface area contributed by atoms with E-state index in [-0.39, 0.29) is 5.91 Å². The van der Waals surface area contributed by atoms with Gasteiger partial charge in [-0.2, -0.15) is 0 Å². The fourth-order valence-corrected chi connectivity index (χ4v) is 2.62. The molecule has 0 aromatic carbocycles. The summed E-state index contributed by atoms with van der Waals surface area (Å²) in [5.41, 5.74) is 6.06. The van der Waals surface area contributed by atoms with Crippen LogP contribution in [-0.4, -0.2) is 53.4 Å². The minimum Gasteiger partial charge on any atom is -0.384 e. The van der Waals surface area contributed by atoms with Crippen molar-refractivity contribution in [3.05, 3.63) is 22.8 Å². The molecule has 0 bridgehead atoms. The fraction of sp³-hybridized carbons (Fsp3) is 0.571. The summed E-state index contributed by atoms with van der Waals surface area (Å²) < 4.78 is 0. The van der Waals surface area contributed by atoms with Gasteiger partial charge in [-0.15, -0.1) is 0 Å². The number of carbonyl (C=O) groups excluding carboxylic acids is 1. The number of pyridine rings is 1. The van der Waals surface area contributed by atoms with Crippen LogP contribution in [0.25, 0.3) is 0 Å². The van der Waals surface area contributed by atoms with Crippen LogP contribution >= 0.6 is 11.6 Å². The van der Waals surface area contributed by atoms with E-state index < -0.39 is 0 Å². The molecule has 0 aliphatic carbocycles. The first-order valence-corrected chi connectivity index (χ1v) is 7.28. The van der Waals surface area contributed by atoms with Crippen molar-refractivity contribution in [3.63, 3.8) is 0 Å². The molecule has 1 amide bonds. The number of amides is 1. The van der Waals surface area contributed by atoms with Crippen LogP contribution in [0.2, 0.25) is 5.02 Å². The monoisotopic (exact) mass is 296 g/mol. The van der Waals surface area contributed by atoms with Crippen molar-refractivity contribution >= 4 is 23.3 Å². The van der Waals surface area contributed by atoms with Gasteiger partial charge >= 0.3 is 0 Å². The lowest BCUT2D eigenvalue weighted by molar-refractivity contribution is 0.0624. The van der Waals surface area contributed by atoms with E-state index >= 15 is 0 Å². The molecule has 0 spiro atoms. The van der Waals surface area contributed by atoms with E-state index in [0.717, 1.165) is 32.7 Å². The van der Waals surface area contributed by atoms with Gasteiger partial charge in [0, 0.05) is 38.9 Å². The number of hydrogen-bond acceptors (Lipinski definition) is 4. The number of rotatable bonds is 3. The number of aromatic nitrogens is 1. The third-order valence-electron chi connectivity index (χ3n) is 3.39. The Hall–Kier alpha value is -1.33. The minimum absolute atomic E-state index is 0.0618. The molecule has 1 fully saturated rings. The second kappa shape index (κ2) is 6.41. The summed E-state index contributed by atoms with van der Waals surface area (Å²) in [5.74, 6) is 0.899. The lowest BCUT2D eigenvalue weighted by Crippen LogP contribution is -2.49. The molecule has 1 aliphatic heterocycles. The average molecular weight is 297 g/mol. The molecule has 1 aliphatic rings. The Labute approximate surface area is 124 Å². The Morgan fingerprint density at radius 1 is 1.40 bits per heavy atom. The predicted octanol–water partition coefficient (Wildman–Crippen LogP) is 1.73. The van der Waals surface area contributed by atoms with Gasteiger partial charge < -0.3 is 10.6 Å². The predicted molar refractivity (Wildman–Crippen MR) is 80.8 cm³/mol. The molecule has 110 valence electrons. The molecular weight excluding hydrogens is 276 g/mol. The van der Waals surface area contributed by atoms with Crippen LogP contribution in [0, 0.1) is 5.92 Å². The van der Waals surface area contributed by atoms with Crippen molar-refractivity contribution in [3.8, 4) is 0 Å². The minimum atomic E-state index is -0.0618. The zero-order valence-corrected chi connectivity index (χ0v) is 12.7. The highest BCUT2D eigenvalue weighted by Crippen LogP contribution is 2.19. The summed E-state index contributed by atoms with van der Waals surface area (Å²) in [5, 5.41) is 0.355. The summed E-state index contributed by atoms with van der Waals surface area (Å²) in [6.45, 7) is 8.75. The van der Waals surface area contributed by atoms with E-state index in [1.807, 2.05) is 4.90 Å². The van der Waals surface area contributed by atoms with E-state index in [1.54, 1.807) is 6.07 Å². The van der Waals surface area contributed by atoms with Gasteiger partial charge in [0.1, 0.15) is 5.82 Å². The second-order valence-electron chi connectivity index (χ2n) is 5.58. The van der Waals surface area contributed by atoms with Crippen molar-refractivity contribution in [2.24, 2.45) is 5.92 Å². The molecule has 1 aromatic heterocycles. The Morgan fingerprint density at radius 3 is 2.65 bits per heavy atom. The lowest BCUT2D eigenvalue weighted by atomic mass is 10.1. The first-order valence-electron chi connectivity index (χ1n) is 6.90. The van der Waals surface area contributed by atoms with Gasteiger partial charge in [-0.1, -0.05) is 25.4 Å². The first kappa shape index (κ1) is 15.1. The third-order valence-corrected chi connectivity index (χ3v) is 3.69. The normalized spacial score (nSPS) is 16.7. The zero-order valence-electron chi connectivity index (χ0n) is 12.0. The van der Waals surface area contributed by atoms with E-state index in [2.05, 4.69) is 23.7 Å². The molecule has 1 aromatic rings. The second-order valence-corrected chi connectivity index (χ2v) is 5.98. The highest BCUT2D eigenvalue weighted by Gasteiger charge is 2.24. The fourth-order valence-electron chi connectivity index (χ4n) is 2.44. The van der Waals surface area contributed by atoms with Gasteiger partial charge in [-0.25, -0.2) is 4.98 Å². The first-order chi connectivity index (χ1) is 9.47. The van der Waals surface area contributed by atoms with Gasteiger partial charge in [-0.3, -0.25) is 9.69 Å². The summed E-state index contributed by atoms with van der Waals surface area (Å²) in [6.07, 6.45) is 1.43. The largest absolute Gasteiger partial charge is 0.384 e. The van der Waals surface area contributed by atoms with Crippen LogP contribution in [0.1, 0.15) is 24.2 Å². The zero-order chi connectivity index (χ0) is 14.7. The molecule has 6 heteroatoms. The third kappa shape index (κ3) is 3.61. The standard InChI is InChI=1S/C14H21ClN4O/c1-10(2)9-18-3-5-19(6-4-18)14(20)11-7-13(16)17-8-12(11)15/h7-8,10H,3-6,9H2,1-2H3,(H2,16,17). The Balaban J connectivity index is 2.00. The molecule has 0 atom stereocenters. The molecule has 1 saturated heterocycles. The highest BCUT2D eigenvalue weighted by atomic mass is 35.5. The van der Waals surface area contributed by atoms with Crippen molar-refractivity contribution in [1.82, 2.24) is 14.8 Å². The summed E-state index contributed by atoms with van der Waals surface area (Å²) in [7, 11) is 0. The Morgan fingerprint density at radius 2 is 2.05 bits per heavy atom. The topological polar surface area (TPSA) is 62.5 Å². The van der Waals surface area contributed by atoms with Crippen molar-refractivity contribution in [1.29, 1.82) is 0 Å². The van der Waals surface area contributed by atoms with E-state index in [0.29, 0.717) is 22.3 Å². The maximum absolute atomic E-state index is 12.4. The molecular formula is C14H21ClN4O. The van der Waals surface area contributed by atoms with E-state index in [9.17, 15) is 4.79 Å². The summed E-state index contributed by atoms with van der Waals surface area (Å²) in [4.78, 5) is 20.5. The van der Waals surface area contributed by atoms with Crippen LogP contribution in [-0.2, 0) is 0 Å². The maximum Gasteiger partial charge on any atom is 0.255 e. The van der Waals surface area contributed by atoms with Gasteiger partial charge in [0.25, 0.3) is 5.91 Å². The van der Waals surface area contributed by atoms with Gasteiger partial charge in [0.15, 0.2) is 0 Å². The SMILES string of the molecule is CC(C)CN1CCN(C(=O)c2cc(N)ncc2Cl)CC1. The van der Waals surface area contributed by atoms with Crippen LogP contribution in [0.3, 0.4) is 0 Å². The number of nitrogens with two attached hydrogens (primary N) is 1. The number of nitrogens with zero attached hydrogens (tertiary/aromatic N) is 3. The Bertz CT molecular complexity index is 484. The van der Waals surface area contributed by atoms with Gasteiger partial charge in [0.2, 0.25) is 0 Å². The number of nitrogen functional groups attached to an aromatic ring is 1. The van der Waals surface area contributed by atoms with Gasteiger partial charge in [-0.05, 0) is 12.0 Å². The van der Waals surface area contributed by atoms with Gasteiger partial charge in [0.05, 0.1) is 10.6 Å². The molecule has 0 saturated carbocycles. The van der Waals surface area contributed by atoms with Crippen LogP contribution in [0.5, 0.6) is 0 Å². The molecule has 0 unspecified atom stereocenters. The average Bonchev–Trinajstić information content (AvgIpc) is 2.41. The van der Waals surface area contributed by atoms with Crippen LogP contribution in [0.4, 0.5) is 5.82 Å². The van der Waals surface area contributed by atoms with E-state index in [4.69, 9.17) is 17.3 Å². The highest BCUT2D eigenvalue weighted by molar-refractivity contribution is 6.33. The number of anilines is 1. The Kier molecular flexibility index (Phi) is 4.83. The molecule has 2 heterocycles. The number of piperazine rings is 1. The maximum atomic E-state index is 12.4. The molecule has 2 N–H and O–H groups in total. The van der Waals surface area contributed by atoms with E-state index in [1.165, 1.54) is 6.20 Å². The summed E-state index contributed by atoms with van der Waals surface area (Å²) >= 11 is 6.03. The smallest absolute Gasteiger partial charge is 0.255 e. The van der Waals surface area contributed by atoms with Crippen molar-refractivity contribution < 1.29 is 4.79 Å². The van der Waals surface area contributed by atoms with Crippen LogP contribution < -0.4 is 5.73 Å². The van der Waals surface area contributed by atoms with Crippen LogP contribution in [0.15, 0.2) is 12.3 Å². The summed E-state index contributed by atoms with van der Waals surface area (Å²) in [6, 6.07) is 1.55. The molecule has 0 radical (unpaired) electrons. The quantitative estimate of drug-likeness (QED) is 0.923. The molecule has 20 heavy (non-hydrogen) atoms. The number of halogens is 1. The lowest BCUT2D eigenvalue weighted by Gasteiger charge is -2.35. The molecule has 2 rings (SSSR count). The molecule has 5 nitrogen and oxygen atoms in total. The number of carbonyl (C=O) groups is 1. The number of hydrogen-bond donors (Lipinski definition) is 1. The van der Waals surface area contributed by atoms with Crippen molar-refractivity contribution in [2.75, 3.05) is 38.5 Å². The van der Waals surface area contributed by atoms with Crippen molar-refractivity contribution in [2.45, 2.75) is 13.8 Å².